The van der Waals surface area contributed by atoms with Gasteiger partial charge in [0.2, 0.25) is 5.28 Å². The molecule has 9 heteroatoms. The maximum absolute atomic E-state index is 13.3. The summed E-state index contributed by atoms with van der Waals surface area (Å²) >= 11 is 6.11. The fourth-order valence-electron chi connectivity index (χ4n) is 4.57. The topological polar surface area (TPSA) is 92.5 Å². The Hall–Kier alpha value is -3.13. The lowest BCUT2D eigenvalue weighted by Gasteiger charge is -2.39. The average Bonchev–Trinajstić information content (AvgIpc) is 3.22. The Labute approximate surface area is 196 Å². The number of halogens is 1. The van der Waals surface area contributed by atoms with Crippen LogP contribution in [0.15, 0.2) is 36.5 Å². The maximum atomic E-state index is 13.3. The van der Waals surface area contributed by atoms with Crippen molar-refractivity contribution in [3.05, 3.63) is 53.1 Å². The van der Waals surface area contributed by atoms with Gasteiger partial charge in [0.05, 0.1) is 26.2 Å². The molecule has 0 aliphatic heterocycles. The van der Waals surface area contributed by atoms with E-state index in [4.69, 9.17) is 25.8 Å². The largest absolute Gasteiger partial charge is 0.497 e. The van der Waals surface area contributed by atoms with E-state index in [1.807, 2.05) is 28.8 Å². The van der Waals surface area contributed by atoms with Gasteiger partial charge in [0.25, 0.3) is 0 Å². The average molecular weight is 472 g/mol. The van der Waals surface area contributed by atoms with Crippen LogP contribution >= 0.6 is 11.6 Å². The van der Waals surface area contributed by atoms with Crippen LogP contribution in [0.5, 0.6) is 5.75 Å². The number of ether oxygens (including phenoxy) is 3. The van der Waals surface area contributed by atoms with E-state index in [0.717, 1.165) is 30.6 Å². The summed E-state index contributed by atoms with van der Waals surface area (Å²) in [6, 6.07) is 9.01. The molecule has 2 heterocycles. The van der Waals surface area contributed by atoms with Crippen molar-refractivity contribution in [1.82, 2.24) is 14.5 Å². The number of hydrogen-bond acceptors (Lipinski definition) is 7. The molecule has 1 fully saturated rings. The molecule has 0 bridgehead atoms. The lowest BCUT2D eigenvalue weighted by molar-refractivity contribution is -0.143. The van der Waals surface area contributed by atoms with E-state index in [2.05, 4.69) is 9.97 Å². The number of methoxy groups -OCH3 is 2. The van der Waals surface area contributed by atoms with Gasteiger partial charge in [-0.25, -0.2) is 9.78 Å². The molecule has 0 spiro atoms. The monoisotopic (exact) mass is 471 g/mol. The van der Waals surface area contributed by atoms with Gasteiger partial charge in [0.15, 0.2) is 0 Å². The molecule has 0 radical (unpaired) electrons. The standard InChI is InChI=1S/C24H26ClN3O5/c1-31-18-8-6-16(7-9-18)15-33-22(30)19-12-17-14-26-23(25)27-21(17)28(19)24(13-20(29)32-2)10-4-3-5-11-24/h6-9,12,14H,3-5,10-11,13,15H2,1-2H3. The van der Waals surface area contributed by atoms with Crippen LogP contribution in [-0.2, 0) is 26.4 Å². The number of nitrogens with zero attached hydrogens (tertiary/aromatic N) is 3. The number of carbonyl (C=O) groups is 2. The van der Waals surface area contributed by atoms with Crippen LogP contribution in [0.3, 0.4) is 0 Å². The Morgan fingerprint density at radius 2 is 1.85 bits per heavy atom. The highest BCUT2D eigenvalue weighted by atomic mass is 35.5. The smallest absolute Gasteiger partial charge is 0.355 e. The zero-order valence-electron chi connectivity index (χ0n) is 18.7. The number of rotatable bonds is 7. The number of carbonyl (C=O) groups excluding carboxylic acids is 2. The number of esters is 2. The lowest BCUT2D eigenvalue weighted by atomic mass is 9.78. The molecule has 1 aliphatic rings. The zero-order chi connectivity index (χ0) is 23.4. The second-order valence-corrected chi connectivity index (χ2v) is 8.58. The fraction of sp³-hybridized carbons (Fsp3) is 0.417. The summed E-state index contributed by atoms with van der Waals surface area (Å²) in [6.45, 7) is 0.0980. The summed E-state index contributed by atoms with van der Waals surface area (Å²) in [5.41, 5.74) is 1.01. The molecule has 8 nitrogen and oxygen atoms in total. The van der Waals surface area contributed by atoms with Crippen LogP contribution in [0.25, 0.3) is 11.0 Å². The van der Waals surface area contributed by atoms with Gasteiger partial charge in [0, 0.05) is 11.6 Å². The van der Waals surface area contributed by atoms with Crippen LogP contribution in [0.2, 0.25) is 5.28 Å². The summed E-state index contributed by atoms with van der Waals surface area (Å²) in [5.74, 6) is -0.117. The predicted octanol–water partition coefficient (Wildman–Crippen LogP) is 4.67. The van der Waals surface area contributed by atoms with Gasteiger partial charge in [-0.1, -0.05) is 31.4 Å². The molecular formula is C24H26ClN3O5. The van der Waals surface area contributed by atoms with Gasteiger partial charge in [0.1, 0.15) is 23.7 Å². The highest BCUT2D eigenvalue weighted by molar-refractivity contribution is 6.28. The van der Waals surface area contributed by atoms with Crippen molar-refractivity contribution < 1.29 is 23.8 Å². The SMILES string of the molecule is COC(=O)CC1(n2c(C(=O)OCc3ccc(OC)cc3)cc3cnc(Cl)nc32)CCCCC1. The lowest BCUT2D eigenvalue weighted by Crippen LogP contribution is -2.40. The Morgan fingerprint density at radius 3 is 2.52 bits per heavy atom. The van der Waals surface area contributed by atoms with Crippen molar-refractivity contribution in [2.75, 3.05) is 14.2 Å². The van der Waals surface area contributed by atoms with E-state index in [9.17, 15) is 9.59 Å². The third-order valence-electron chi connectivity index (χ3n) is 6.21. The fourth-order valence-corrected chi connectivity index (χ4v) is 4.70. The summed E-state index contributed by atoms with van der Waals surface area (Å²) in [5, 5.41) is 0.731. The molecule has 0 amide bonds. The second kappa shape index (κ2) is 9.79. The van der Waals surface area contributed by atoms with E-state index >= 15 is 0 Å². The van der Waals surface area contributed by atoms with E-state index in [1.165, 1.54) is 7.11 Å². The Balaban J connectivity index is 1.73. The highest BCUT2D eigenvalue weighted by Gasteiger charge is 2.40. The Bertz CT molecular complexity index is 1150. The van der Waals surface area contributed by atoms with Gasteiger partial charge < -0.3 is 18.8 Å². The third kappa shape index (κ3) is 4.80. The van der Waals surface area contributed by atoms with Crippen molar-refractivity contribution >= 4 is 34.6 Å². The van der Waals surface area contributed by atoms with Crippen molar-refractivity contribution in [2.24, 2.45) is 0 Å². The molecule has 1 aromatic carbocycles. The van der Waals surface area contributed by atoms with E-state index in [1.54, 1.807) is 19.4 Å². The van der Waals surface area contributed by atoms with Gasteiger partial charge in [-0.3, -0.25) is 4.79 Å². The number of fused-ring (bicyclic) bond motifs is 1. The third-order valence-corrected chi connectivity index (χ3v) is 6.39. The molecule has 2 aromatic heterocycles. The van der Waals surface area contributed by atoms with Crippen molar-refractivity contribution in [2.45, 2.75) is 50.7 Å². The van der Waals surface area contributed by atoms with Crippen LogP contribution in [0, 0.1) is 0 Å². The first-order chi connectivity index (χ1) is 16.0. The molecule has 0 unspecified atom stereocenters. The predicted molar refractivity (Wildman–Crippen MR) is 122 cm³/mol. The minimum absolute atomic E-state index is 0.0732. The molecule has 0 N–H and O–H groups in total. The van der Waals surface area contributed by atoms with Crippen molar-refractivity contribution in [3.63, 3.8) is 0 Å². The quantitative estimate of drug-likeness (QED) is 0.365. The van der Waals surface area contributed by atoms with Gasteiger partial charge in [-0.15, -0.1) is 0 Å². The molecular weight excluding hydrogens is 446 g/mol. The molecule has 3 aromatic rings. The van der Waals surface area contributed by atoms with Gasteiger partial charge >= 0.3 is 11.9 Å². The normalized spacial score (nSPS) is 15.2. The molecule has 0 atom stereocenters. The summed E-state index contributed by atoms with van der Waals surface area (Å²) < 4.78 is 17.7. The van der Waals surface area contributed by atoms with Crippen molar-refractivity contribution in [3.8, 4) is 5.75 Å². The number of aromatic nitrogens is 3. The summed E-state index contributed by atoms with van der Waals surface area (Å²) in [7, 11) is 2.97. The molecule has 4 rings (SSSR count). The van der Waals surface area contributed by atoms with Gasteiger partial charge in [-0.2, -0.15) is 4.98 Å². The van der Waals surface area contributed by atoms with Crippen LogP contribution in [0.4, 0.5) is 0 Å². The first-order valence-corrected chi connectivity index (χ1v) is 11.2. The molecule has 1 aliphatic carbocycles. The molecule has 0 saturated heterocycles. The highest BCUT2D eigenvalue weighted by Crippen LogP contribution is 2.42. The minimum atomic E-state index is -0.654. The maximum Gasteiger partial charge on any atom is 0.355 e. The Morgan fingerprint density at radius 1 is 1.12 bits per heavy atom. The minimum Gasteiger partial charge on any atom is -0.497 e. The zero-order valence-corrected chi connectivity index (χ0v) is 19.4. The van der Waals surface area contributed by atoms with E-state index in [-0.39, 0.29) is 24.3 Å². The molecule has 33 heavy (non-hydrogen) atoms. The summed E-state index contributed by atoms with van der Waals surface area (Å²) in [6.07, 6.45) is 6.06. The number of hydrogen-bond donors (Lipinski definition) is 0. The summed E-state index contributed by atoms with van der Waals surface area (Å²) in [4.78, 5) is 34.2. The number of benzene rings is 1. The first kappa shape index (κ1) is 23.0. The van der Waals surface area contributed by atoms with E-state index < -0.39 is 11.5 Å². The van der Waals surface area contributed by atoms with Crippen LogP contribution < -0.4 is 4.74 Å². The van der Waals surface area contributed by atoms with E-state index in [0.29, 0.717) is 29.6 Å². The van der Waals surface area contributed by atoms with Gasteiger partial charge in [-0.05, 0) is 48.2 Å². The molecule has 1 saturated carbocycles. The molecule has 174 valence electrons. The second-order valence-electron chi connectivity index (χ2n) is 8.25. The van der Waals surface area contributed by atoms with Crippen molar-refractivity contribution in [1.29, 1.82) is 0 Å². The van der Waals surface area contributed by atoms with Crippen LogP contribution in [-0.4, -0.2) is 40.7 Å². The van der Waals surface area contributed by atoms with Crippen LogP contribution in [0.1, 0.15) is 54.6 Å². The first-order valence-electron chi connectivity index (χ1n) is 10.9. The Kier molecular flexibility index (Phi) is 6.83.